The lowest BCUT2D eigenvalue weighted by molar-refractivity contribution is 0.0755. The molecule has 2 rings (SSSR count). The Labute approximate surface area is 95.0 Å². The molecule has 0 radical (unpaired) electrons. The number of fused-ring (bicyclic) bond motifs is 1. The molecule has 0 saturated heterocycles. The third kappa shape index (κ3) is 2.17. The highest BCUT2D eigenvalue weighted by molar-refractivity contribution is 5.97. The van der Waals surface area contributed by atoms with Crippen LogP contribution in [0.2, 0.25) is 0 Å². The Bertz CT molecular complexity index is 377. The van der Waals surface area contributed by atoms with E-state index in [2.05, 4.69) is 0 Å². The zero-order chi connectivity index (χ0) is 11.4. The number of hydrogen-bond donors (Lipinski definition) is 1. The summed E-state index contributed by atoms with van der Waals surface area (Å²) in [6.07, 6.45) is 0.827. The van der Waals surface area contributed by atoms with Crippen LogP contribution < -0.4 is 10.5 Å². The molecular formula is C12H16N2O2. The van der Waals surface area contributed by atoms with Gasteiger partial charge in [-0.3, -0.25) is 4.79 Å². The van der Waals surface area contributed by atoms with Crippen molar-refractivity contribution in [1.82, 2.24) is 4.90 Å². The van der Waals surface area contributed by atoms with Gasteiger partial charge in [-0.05, 0) is 25.1 Å². The van der Waals surface area contributed by atoms with E-state index >= 15 is 0 Å². The van der Waals surface area contributed by atoms with Crippen molar-refractivity contribution in [2.75, 3.05) is 26.2 Å². The Morgan fingerprint density at radius 3 is 3.00 bits per heavy atom. The molecule has 0 fully saturated rings. The van der Waals surface area contributed by atoms with Crippen LogP contribution in [0, 0.1) is 0 Å². The molecule has 0 bridgehead atoms. The van der Waals surface area contributed by atoms with E-state index in [0.717, 1.165) is 6.42 Å². The standard InChI is InChI=1S/C12H16N2O2/c13-6-3-7-14-8-9-16-11-5-2-1-4-10(11)12(14)15/h1-2,4-5H,3,6-9,13H2. The average molecular weight is 220 g/mol. The first-order valence-electron chi connectivity index (χ1n) is 5.54. The zero-order valence-electron chi connectivity index (χ0n) is 9.19. The third-order valence-corrected chi connectivity index (χ3v) is 2.66. The van der Waals surface area contributed by atoms with E-state index in [1.807, 2.05) is 18.2 Å². The number of ether oxygens (including phenoxy) is 1. The number of carbonyl (C=O) groups is 1. The molecule has 0 unspecified atom stereocenters. The first-order chi connectivity index (χ1) is 7.83. The Hall–Kier alpha value is -1.55. The Morgan fingerprint density at radius 1 is 1.38 bits per heavy atom. The number of para-hydroxylation sites is 1. The van der Waals surface area contributed by atoms with Crippen molar-refractivity contribution in [1.29, 1.82) is 0 Å². The SMILES string of the molecule is NCCCN1CCOc2ccccc2C1=O. The number of rotatable bonds is 3. The Kier molecular flexibility index (Phi) is 3.41. The van der Waals surface area contributed by atoms with Crippen LogP contribution in [0.25, 0.3) is 0 Å². The van der Waals surface area contributed by atoms with Gasteiger partial charge in [0, 0.05) is 6.54 Å². The van der Waals surface area contributed by atoms with E-state index in [0.29, 0.717) is 37.6 Å². The van der Waals surface area contributed by atoms with Gasteiger partial charge in [-0.1, -0.05) is 12.1 Å². The maximum atomic E-state index is 12.1. The summed E-state index contributed by atoms with van der Waals surface area (Å²) in [5, 5.41) is 0. The molecule has 0 aliphatic carbocycles. The van der Waals surface area contributed by atoms with Crippen LogP contribution in [0.1, 0.15) is 16.8 Å². The second kappa shape index (κ2) is 4.99. The second-order valence-corrected chi connectivity index (χ2v) is 3.78. The largest absolute Gasteiger partial charge is 0.491 e. The topological polar surface area (TPSA) is 55.6 Å². The van der Waals surface area contributed by atoms with Gasteiger partial charge in [0.05, 0.1) is 12.1 Å². The van der Waals surface area contributed by atoms with Crippen LogP contribution in [-0.4, -0.2) is 37.0 Å². The molecule has 1 heterocycles. The lowest BCUT2D eigenvalue weighted by Gasteiger charge is -2.19. The molecule has 0 atom stereocenters. The van der Waals surface area contributed by atoms with E-state index in [9.17, 15) is 4.79 Å². The maximum Gasteiger partial charge on any atom is 0.257 e. The second-order valence-electron chi connectivity index (χ2n) is 3.78. The normalized spacial score (nSPS) is 15.3. The summed E-state index contributed by atoms with van der Waals surface area (Å²) < 4.78 is 5.54. The van der Waals surface area contributed by atoms with E-state index in [1.54, 1.807) is 11.0 Å². The van der Waals surface area contributed by atoms with Gasteiger partial charge in [0.2, 0.25) is 0 Å². The lowest BCUT2D eigenvalue weighted by Crippen LogP contribution is -2.34. The van der Waals surface area contributed by atoms with Gasteiger partial charge in [-0.2, -0.15) is 0 Å². The molecule has 2 N–H and O–H groups in total. The smallest absolute Gasteiger partial charge is 0.257 e. The number of amides is 1. The number of nitrogens with zero attached hydrogens (tertiary/aromatic N) is 1. The molecule has 4 nitrogen and oxygen atoms in total. The minimum absolute atomic E-state index is 0.0431. The number of nitrogens with two attached hydrogens (primary N) is 1. The van der Waals surface area contributed by atoms with Gasteiger partial charge in [-0.15, -0.1) is 0 Å². The molecule has 16 heavy (non-hydrogen) atoms. The van der Waals surface area contributed by atoms with Crippen LogP contribution in [0.15, 0.2) is 24.3 Å². The molecule has 1 aromatic carbocycles. The molecule has 1 aliphatic heterocycles. The molecule has 1 amide bonds. The minimum atomic E-state index is 0.0431. The fourth-order valence-corrected chi connectivity index (χ4v) is 1.80. The molecule has 4 heteroatoms. The molecule has 1 aliphatic rings. The van der Waals surface area contributed by atoms with Gasteiger partial charge < -0.3 is 15.4 Å². The van der Waals surface area contributed by atoms with Crippen molar-refractivity contribution in [3.63, 3.8) is 0 Å². The summed E-state index contributed by atoms with van der Waals surface area (Å²) in [5.74, 6) is 0.726. The molecular weight excluding hydrogens is 204 g/mol. The van der Waals surface area contributed by atoms with Crippen LogP contribution >= 0.6 is 0 Å². The highest BCUT2D eigenvalue weighted by Gasteiger charge is 2.22. The van der Waals surface area contributed by atoms with Crippen LogP contribution in [0.4, 0.5) is 0 Å². The highest BCUT2D eigenvalue weighted by atomic mass is 16.5. The Balaban J connectivity index is 2.20. The number of benzene rings is 1. The maximum absolute atomic E-state index is 12.1. The van der Waals surface area contributed by atoms with Crippen molar-refractivity contribution < 1.29 is 9.53 Å². The molecule has 0 aromatic heterocycles. The predicted molar refractivity (Wildman–Crippen MR) is 61.5 cm³/mol. The zero-order valence-corrected chi connectivity index (χ0v) is 9.19. The fraction of sp³-hybridized carbons (Fsp3) is 0.417. The monoisotopic (exact) mass is 220 g/mol. The molecule has 1 aromatic rings. The van der Waals surface area contributed by atoms with Gasteiger partial charge >= 0.3 is 0 Å². The van der Waals surface area contributed by atoms with Gasteiger partial charge in [0.15, 0.2) is 0 Å². The number of hydrogen-bond acceptors (Lipinski definition) is 3. The predicted octanol–water partition coefficient (Wildman–Crippen LogP) is 0.870. The van der Waals surface area contributed by atoms with Gasteiger partial charge in [-0.25, -0.2) is 0 Å². The van der Waals surface area contributed by atoms with Crippen LogP contribution in [0.5, 0.6) is 5.75 Å². The van der Waals surface area contributed by atoms with Crippen LogP contribution in [0.3, 0.4) is 0 Å². The van der Waals surface area contributed by atoms with E-state index in [-0.39, 0.29) is 5.91 Å². The summed E-state index contributed by atoms with van der Waals surface area (Å²) in [6.45, 7) is 2.49. The third-order valence-electron chi connectivity index (χ3n) is 2.66. The summed E-state index contributed by atoms with van der Waals surface area (Å²) in [7, 11) is 0. The summed E-state index contributed by atoms with van der Waals surface area (Å²) in [5.41, 5.74) is 6.11. The minimum Gasteiger partial charge on any atom is -0.491 e. The lowest BCUT2D eigenvalue weighted by atomic mass is 10.2. The van der Waals surface area contributed by atoms with E-state index in [1.165, 1.54) is 0 Å². The van der Waals surface area contributed by atoms with Gasteiger partial charge in [0.25, 0.3) is 5.91 Å². The summed E-state index contributed by atoms with van der Waals surface area (Å²) in [6, 6.07) is 7.37. The fourth-order valence-electron chi connectivity index (χ4n) is 1.80. The van der Waals surface area contributed by atoms with E-state index in [4.69, 9.17) is 10.5 Å². The quantitative estimate of drug-likeness (QED) is 0.822. The van der Waals surface area contributed by atoms with Crippen molar-refractivity contribution >= 4 is 5.91 Å². The number of carbonyl (C=O) groups excluding carboxylic acids is 1. The summed E-state index contributed by atoms with van der Waals surface area (Å²) >= 11 is 0. The molecule has 86 valence electrons. The molecule has 0 spiro atoms. The average Bonchev–Trinajstić information content (AvgIpc) is 2.47. The Morgan fingerprint density at radius 2 is 2.19 bits per heavy atom. The van der Waals surface area contributed by atoms with Crippen LogP contribution in [-0.2, 0) is 0 Å². The van der Waals surface area contributed by atoms with Crippen molar-refractivity contribution in [2.45, 2.75) is 6.42 Å². The molecule has 0 saturated carbocycles. The van der Waals surface area contributed by atoms with Crippen molar-refractivity contribution in [2.24, 2.45) is 5.73 Å². The first-order valence-corrected chi connectivity index (χ1v) is 5.54. The summed E-state index contributed by atoms with van der Waals surface area (Å²) in [4.78, 5) is 14.0. The highest BCUT2D eigenvalue weighted by Crippen LogP contribution is 2.22. The van der Waals surface area contributed by atoms with Crippen molar-refractivity contribution in [3.8, 4) is 5.75 Å². The first kappa shape index (κ1) is 11.0. The van der Waals surface area contributed by atoms with Crippen molar-refractivity contribution in [3.05, 3.63) is 29.8 Å². The van der Waals surface area contributed by atoms with Gasteiger partial charge in [0.1, 0.15) is 12.4 Å². The van der Waals surface area contributed by atoms with E-state index < -0.39 is 0 Å².